The van der Waals surface area contributed by atoms with E-state index >= 15 is 0 Å². The molecule has 0 amide bonds. The molecule has 28 heavy (non-hydrogen) atoms. The Labute approximate surface area is 166 Å². The lowest BCUT2D eigenvalue weighted by Crippen LogP contribution is -2.44. The fraction of sp³-hybridized carbons (Fsp3) is 0.619. The quantitative estimate of drug-likeness (QED) is 0.768. The Kier molecular flexibility index (Phi) is 6.34. The predicted octanol–water partition coefficient (Wildman–Crippen LogP) is 2.25. The molecule has 1 aromatic carbocycles. The molecule has 2 aliphatic heterocycles. The number of ether oxygens (including phenoxy) is 1. The number of piperidine rings is 1. The molecule has 0 saturated carbocycles. The zero-order valence-electron chi connectivity index (χ0n) is 16.7. The van der Waals surface area contributed by atoms with Crippen LogP contribution in [0.3, 0.4) is 0 Å². The van der Waals surface area contributed by atoms with Gasteiger partial charge in [0.25, 0.3) is 0 Å². The van der Waals surface area contributed by atoms with Crippen LogP contribution in [0.4, 0.5) is 4.39 Å². The second kappa shape index (κ2) is 9.11. The van der Waals surface area contributed by atoms with Gasteiger partial charge in [0, 0.05) is 50.1 Å². The van der Waals surface area contributed by atoms with Crippen molar-refractivity contribution in [2.45, 2.75) is 25.2 Å². The van der Waals surface area contributed by atoms with Crippen molar-refractivity contribution in [1.82, 2.24) is 25.1 Å². The van der Waals surface area contributed by atoms with Gasteiger partial charge in [0.1, 0.15) is 6.33 Å². The van der Waals surface area contributed by atoms with Crippen LogP contribution >= 0.6 is 0 Å². The molecule has 0 unspecified atom stereocenters. The highest BCUT2D eigenvalue weighted by Gasteiger charge is 2.20. The van der Waals surface area contributed by atoms with Gasteiger partial charge in [-0.3, -0.25) is 0 Å². The molecular formula is C21H30FN5O. The average Bonchev–Trinajstić information content (AvgIpc) is 2.73. The minimum absolute atomic E-state index is 0.292. The Balaban J connectivity index is 1.38. The smallest absolute Gasteiger partial charge is 0.165 e. The maximum Gasteiger partial charge on any atom is 0.165 e. The van der Waals surface area contributed by atoms with Gasteiger partial charge < -0.3 is 19.9 Å². The maximum atomic E-state index is 14.7. The van der Waals surface area contributed by atoms with Crippen molar-refractivity contribution in [1.29, 1.82) is 0 Å². The molecule has 3 heterocycles. The van der Waals surface area contributed by atoms with E-state index in [4.69, 9.17) is 4.74 Å². The van der Waals surface area contributed by atoms with Crippen LogP contribution in [0.1, 0.15) is 30.9 Å². The Morgan fingerprint density at radius 2 is 1.93 bits per heavy atom. The van der Waals surface area contributed by atoms with E-state index < -0.39 is 0 Å². The molecular weight excluding hydrogens is 357 g/mol. The third-order valence-electron chi connectivity index (χ3n) is 5.92. The van der Waals surface area contributed by atoms with Crippen LogP contribution in [0, 0.1) is 5.82 Å². The fourth-order valence-corrected chi connectivity index (χ4v) is 4.15. The van der Waals surface area contributed by atoms with E-state index in [9.17, 15) is 4.39 Å². The van der Waals surface area contributed by atoms with E-state index in [1.807, 2.05) is 0 Å². The molecule has 2 aromatic rings. The van der Waals surface area contributed by atoms with Gasteiger partial charge in [-0.15, -0.1) is 0 Å². The minimum Gasteiger partial charge on any atom is -0.490 e. The topological polar surface area (TPSA) is 53.5 Å². The summed E-state index contributed by atoms with van der Waals surface area (Å²) in [6.07, 6.45) is 4.54. The predicted molar refractivity (Wildman–Crippen MR) is 108 cm³/mol. The summed E-state index contributed by atoms with van der Waals surface area (Å²) in [5.41, 5.74) is 1.73. The van der Waals surface area contributed by atoms with E-state index in [0.717, 1.165) is 81.7 Å². The molecule has 0 atom stereocenters. The second-order valence-electron chi connectivity index (χ2n) is 7.93. The van der Waals surface area contributed by atoms with Crippen LogP contribution in [-0.4, -0.2) is 79.2 Å². The van der Waals surface area contributed by atoms with E-state index in [-0.39, 0.29) is 5.82 Å². The molecule has 1 N–H and O–H groups in total. The summed E-state index contributed by atoms with van der Waals surface area (Å²) in [4.78, 5) is 13.6. The first-order valence-electron chi connectivity index (χ1n) is 10.4. The Morgan fingerprint density at radius 3 is 2.71 bits per heavy atom. The zero-order valence-corrected chi connectivity index (χ0v) is 16.7. The number of benzene rings is 1. The minimum atomic E-state index is -0.322. The molecule has 0 aliphatic carbocycles. The highest BCUT2D eigenvalue weighted by molar-refractivity contribution is 5.82. The third-order valence-corrected chi connectivity index (χ3v) is 5.92. The second-order valence-corrected chi connectivity index (χ2v) is 7.93. The molecule has 2 aliphatic rings. The first-order chi connectivity index (χ1) is 13.7. The van der Waals surface area contributed by atoms with Crippen LogP contribution in [0.15, 0.2) is 18.5 Å². The van der Waals surface area contributed by atoms with E-state index in [0.29, 0.717) is 18.3 Å². The van der Waals surface area contributed by atoms with Gasteiger partial charge in [0.15, 0.2) is 11.6 Å². The third kappa shape index (κ3) is 4.59. The summed E-state index contributed by atoms with van der Waals surface area (Å²) in [5, 5.41) is 4.18. The molecule has 0 radical (unpaired) electrons. The van der Waals surface area contributed by atoms with Crippen molar-refractivity contribution in [2.75, 3.05) is 59.5 Å². The number of rotatable bonds is 6. The van der Waals surface area contributed by atoms with Crippen molar-refractivity contribution in [3.63, 3.8) is 0 Å². The van der Waals surface area contributed by atoms with Gasteiger partial charge in [-0.1, -0.05) is 0 Å². The summed E-state index contributed by atoms with van der Waals surface area (Å²) < 4.78 is 20.4. The molecule has 2 fully saturated rings. The molecule has 6 nitrogen and oxygen atoms in total. The summed E-state index contributed by atoms with van der Waals surface area (Å²) in [6.45, 7) is 7.87. The van der Waals surface area contributed by atoms with E-state index in [1.54, 1.807) is 18.5 Å². The summed E-state index contributed by atoms with van der Waals surface area (Å²) >= 11 is 0. The standard InChI is InChI=1S/C21H30FN5O/c1-26-8-10-27(11-9-26)7-2-12-28-20-14-19-17(13-18(20)22)21(25-15-24-19)16-3-5-23-6-4-16/h13-16,23H,2-12H2,1H3. The first kappa shape index (κ1) is 19.5. The number of halogens is 1. The summed E-state index contributed by atoms with van der Waals surface area (Å²) in [7, 11) is 2.16. The van der Waals surface area contributed by atoms with Gasteiger partial charge in [-0.25, -0.2) is 14.4 Å². The molecule has 0 spiro atoms. The number of hydrogen-bond acceptors (Lipinski definition) is 6. The lowest BCUT2D eigenvalue weighted by molar-refractivity contribution is 0.145. The molecule has 2 saturated heterocycles. The lowest BCUT2D eigenvalue weighted by Gasteiger charge is -2.32. The van der Waals surface area contributed by atoms with Crippen molar-refractivity contribution in [3.05, 3.63) is 30.0 Å². The number of fused-ring (bicyclic) bond motifs is 1. The fourth-order valence-electron chi connectivity index (χ4n) is 4.15. The molecule has 4 rings (SSSR count). The highest BCUT2D eigenvalue weighted by atomic mass is 19.1. The van der Waals surface area contributed by atoms with Gasteiger partial charge in [0.2, 0.25) is 0 Å². The van der Waals surface area contributed by atoms with Crippen LogP contribution in [-0.2, 0) is 0 Å². The van der Waals surface area contributed by atoms with E-state index in [2.05, 4.69) is 32.1 Å². The number of piperazine rings is 1. The van der Waals surface area contributed by atoms with E-state index in [1.165, 1.54) is 0 Å². The molecule has 0 bridgehead atoms. The van der Waals surface area contributed by atoms with Crippen LogP contribution in [0.2, 0.25) is 0 Å². The lowest BCUT2D eigenvalue weighted by atomic mass is 9.92. The van der Waals surface area contributed by atoms with Crippen LogP contribution in [0.5, 0.6) is 5.75 Å². The summed E-state index contributed by atoms with van der Waals surface area (Å²) in [6, 6.07) is 3.29. The first-order valence-corrected chi connectivity index (χ1v) is 10.4. The average molecular weight is 388 g/mol. The Hall–Kier alpha value is -1.83. The van der Waals surface area contributed by atoms with Crippen LogP contribution < -0.4 is 10.1 Å². The highest BCUT2D eigenvalue weighted by Crippen LogP contribution is 2.32. The number of aromatic nitrogens is 2. The van der Waals surface area contributed by atoms with Crippen molar-refractivity contribution in [2.24, 2.45) is 0 Å². The number of likely N-dealkylation sites (N-methyl/N-ethyl adjacent to an activating group) is 1. The van der Waals surface area contributed by atoms with Gasteiger partial charge in [-0.2, -0.15) is 0 Å². The van der Waals surface area contributed by atoms with Crippen LogP contribution in [0.25, 0.3) is 10.9 Å². The van der Waals surface area contributed by atoms with Gasteiger partial charge in [-0.05, 0) is 45.5 Å². The van der Waals surface area contributed by atoms with Crippen molar-refractivity contribution < 1.29 is 9.13 Å². The number of nitrogens with one attached hydrogen (secondary N) is 1. The Bertz CT molecular complexity index is 788. The maximum absolute atomic E-state index is 14.7. The van der Waals surface area contributed by atoms with Crippen molar-refractivity contribution in [3.8, 4) is 5.75 Å². The largest absolute Gasteiger partial charge is 0.490 e. The molecule has 7 heteroatoms. The number of hydrogen-bond donors (Lipinski definition) is 1. The number of nitrogens with zero attached hydrogens (tertiary/aromatic N) is 4. The summed E-state index contributed by atoms with van der Waals surface area (Å²) in [5.74, 6) is 0.333. The van der Waals surface area contributed by atoms with Gasteiger partial charge in [0.05, 0.1) is 17.8 Å². The monoisotopic (exact) mass is 387 g/mol. The Morgan fingerprint density at radius 1 is 1.14 bits per heavy atom. The SMILES string of the molecule is CN1CCN(CCCOc2cc3ncnc(C4CCNCC4)c3cc2F)CC1. The van der Waals surface area contributed by atoms with Crippen molar-refractivity contribution >= 4 is 10.9 Å². The van der Waals surface area contributed by atoms with Gasteiger partial charge >= 0.3 is 0 Å². The normalized spacial score (nSPS) is 19.9. The molecule has 152 valence electrons. The molecule has 1 aromatic heterocycles. The zero-order chi connectivity index (χ0) is 19.3.